The lowest BCUT2D eigenvalue weighted by molar-refractivity contribution is 0.413. The van der Waals surface area contributed by atoms with Crippen molar-refractivity contribution in [3.63, 3.8) is 0 Å². The SMILES string of the molecule is Cn1c(O)c(N=Nc2cccc(Cl)c2)c(=O)n(C)c1=O. The van der Waals surface area contributed by atoms with Gasteiger partial charge in [0.1, 0.15) is 0 Å². The number of aromatic hydroxyl groups is 1. The molecule has 2 aromatic rings. The second-order valence-corrected chi connectivity index (χ2v) is 4.49. The Bertz CT molecular complexity index is 807. The van der Waals surface area contributed by atoms with Crippen LogP contribution in [0.5, 0.6) is 5.88 Å². The van der Waals surface area contributed by atoms with Crippen molar-refractivity contribution in [1.29, 1.82) is 0 Å². The minimum absolute atomic E-state index is 0.311. The summed E-state index contributed by atoms with van der Waals surface area (Å²) in [5.41, 5.74) is -1.26. The number of rotatable bonds is 2. The Hall–Kier alpha value is -2.41. The summed E-state index contributed by atoms with van der Waals surface area (Å²) < 4.78 is 1.75. The molecule has 104 valence electrons. The lowest BCUT2D eigenvalue weighted by atomic mass is 10.3. The third kappa shape index (κ3) is 2.48. The van der Waals surface area contributed by atoms with Crippen LogP contribution >= 0.6 is 11.6 Å². The molecule has 0 spiro atoms. The first kappa shape index (κ1) is 14.0. The summed E-state index contributed by atoms with van der Waals surface area (Å²) in [6, 6.07) is 6.53. The summed E-state index contributed by atoms with van der Waals surface area (Å²) in [6.07, 6.45) is 0. The zero-order chi connectivity index (χ0) is 14.9. The van der Waals surface area contributed by atoms with Gasteiger partial charge in [0.15, 0.2) is 0 Å². The van der Waals surface area contributed by atoms with E-state index in [2.05, 4.69) is 10.2 Å². The first-order valence-corrected chi connectivity index (χ1v) is 5.96. The molecule has 0 bridgehead atoms. The van der Waals surface area contributed by atoms with Gasteiger partial charge in [0.05, 0.1) is 5.69 Å². The van der Waals surface area contributed by atoms with Crippen molar-refractivity contribution < 1.29 is 5.11 Å². The molecule has 0 fully saturated rings. The zero-order valence-corrected chi connectivity index (χ0v) is 11.5. The lowest BCUT2D eigenvalue weighted by Crippen LogP contribution is -2.36. The van der Waals surface area contributed by atoms with E-state index in [1.807, 2.05) is 0 Å². The van der Waals surface area contributed by atoms with Crippen LogP contribution in [0.2, 0.25) is 5.02 Å². The lowest BCUT2D eigenvalue weighted by Gasteiger charge is -2.06. The van der Waals surface area contributed by atoms with E-state index in [0.717, 1.165) is 9.13 Å². The number of nitrogens with zero attached hydrogens (tertiary/aromatic N) is 4. The topological polar surface area (TPSA) is 88.9 Å². The van der Waals surface area contributed by atoms with Crippen LogP contribution in [0.15, 0.2) is 44.1 Å². The normalized spacial score (nSPS) is 11.2. The quantitative estimate of drug-likeness (QED) is 0.857. The fraction of sp³-hybridized carbons (Fsp3) is 0.167. The molecule has 0 aliphatic heterocycles. The smallest absolute Gasteiger partial charge is 0.333 e. The van der Waals surface area contributed by atoms with Gasteiger partial charge < -0.3 is 5.11 Å². The molecular formula is C12H11ClN4O3. The van der Waals surface area contributed by atoms with Crippen LogP contribution < -0.4 is 11.2 Å². The number of azo groups is 1. The Balaban J connectivity index is 2.55. The molecule has 0 saturated carbocycles. The van der Waals surface area contributed by atoms with Crippen LogP contribution in [0.1, 0.15) is 0 Å². The average molecular weight is 295 g/mol. The molecule has 1 aromatic carbocycles. The molecular weight excluding hydrogens is 284 g/mol. The van der Waals surface area contributed by atoms with Crippen molar-refractivity contribution in [2.24, 2.45) is 24.3 Å². The Labute approximate surface area is 118 Å². The highest BCUT2D eigenvalue weighted by Crippen LogP contribution is 2.23. The highest BCUT2D eigenvalue weighted by atomic mass is 35.5. The number of benzene rings is 1. The summed E-state index contributed by atoms with van der Waals surface area (Å²) in [5.74, 6) is -0.538. The maximum atomic E-state index is 11.9. The number of hydrogen-bond donors (Lipinski definition) is 1. The van der Waals surface area contributed by atoms with Crippen molar-refractivity contribution >= 4 is 23.0 Å². The van der Waals surface area contributed by atoms with Gasteiger partial charge in [0.25, 0.3) is 5.56 Å². The van der Waals surface area contributed by atoms with Crippen molar-refractivity contribution in [3.05, 3.63) is 50.1 Å². The standard InChI is InChI=1S/C12H11ClN4O3/c1-16-10(18)9(11(19)17(2)12(16)20)15-14-8-5-3-4-7(13)6-8/h3-6,18H,1-2H3. The molecule has 0 amide bonds. The largest absolute Gasteiger partial charge is 0.493 e. The van der Waals surface area contributed by atoms with Crippen LogP contribution in [-0.4, -0.2) is 14.2 Å². The molecule has 1 aromatic heterocycles. The van der Waals surface area contributed by atoms with Crippen LogP contribution in [0, 0.1) is 0 Å². The van der Waals surface area contributed by atoms with Crippen molar-refractivity contribution in [1.82, 2.24) is 9.13 Å². The molecule has 8 heteroatoms. The van der Waals surface area contributed by atoms with E-state index in [1.165, 1.54) is 14.1 Å². The Morgan fingerprint density at radius 3 is 2.50 bits per heavy atom. The van der Waals surface area contributed by atoms with Gasteiger partial charge in [0, 0.05) is 19.1 Å². The minimum atomic E-state index is -0.726. The third-order valence-corrected chi connectivity index (χ3v) is 2.92. The molecule has 1 N–H and O–H groups in total. The molecule has 0 radical (unpaired) electrons. The van der Waals surface area contributed by atoms with Crippen molar-refractivity contribution in [2.75, 3.05) is 0 Å². The van der Waals surface area contributed by atoms with Gasteiger partial charge >= 0.3 is 5.69 Å². The summed E-state index contributed by atoms with van der Waals surface area (Å²) in [5, 5.41) is 17.8. The number of halogens is 1. The summed E-state index contributed by atoms with van der Waals surface area (Å²) >= 11 is 5.80. The maximum Gasteiger partial charge on any atom is 0.333 e. The molecule has 0 aliphatic carbocycles. The molecule has 0 aliphatic rings. The third-order valence-electron chi connectivity index (χ3n) is 2.68. The maximum absolute atomic E-state index is 11.9. The zero-order valence-electron chi connectivity index (χ0n) is 10.7. The summed E-state index contributed by atoms with van der Waals surface area (Å²) in [7, 11) is 2.62. The van der Waals surface area contributed by atoms with E-state index < -0.39 is 17.1 Å². The molecule has 0 unspecified atom stereocenters. The Morgan fingerprint density at radius 1 is 1.15 bits per heavy atom. The fourth-order valence-corrected chi connectivity index (χ4v) is 1.73. The molecule has 0 saturated heterocycles. The van der Waals surface area contributed by atoms with Crippen LogP contribution in [0.4, 0.5) is 11.4 Å². The molecule has 2 rings (SSSR count). The molecule has 7 nitrogen and oxygen atoms in total. The van der Waals surface area contributed by atoms with Gasteiger partial charge in [-0.3, -0.25) is 13.9 Å². The highest BCUT2D eigenvalue weighted by molar-refractivity contribution is 6.30. The van der Waals surface area contributed by atoms with Crippen LogP contribution in [0.3, 0.4) is 0 Å². The van der Waals surface area contributed by atoms with Gasteiger partial charge in [0.2, 0.25) is 11.6 Å². The van der Waals surface area contributed by atoms with Gasteiger partial charge in [-0.25, -0.2) is 4.79 Å². The fourth-order valence-electron chi connectivity index (χ4n) is 1.55. The monoisotopic (exact) mass is 294 g/mol. The van der Waals surface area contributed by atoms with Crippen LogP contribution in [-0.2, 0) is 14.1 Å². The molecule has 1 heterocycles. The summed E-state index contributed by atoms with van der Waals surface area (Å²) in [4.78, 5) is 23.4. The molecule has 0 atom stereocenters. The predicted octanol–water partition coefficient (Wildman–Crippen LogP) is 1.86. The predicted molar refractivity (Wildman–Crippen MR) is 74.2 cm³/mol. The minimum Gasteiger partial charge on any atom is -0.493 e. The van der Waals surface area contributed by atoms with Crippen molar-refractivity contribution in [3.8, 4) is 5.88 Å². The van der Waals surface area contributed by atoms with E-state index in [1.54, 1.807) is 24.3 Å². The number of aromatic nitrogens is 2. The second kappa shape index (κ2) is 5.30. The van der Waals surface area contributed by atoms with E-state index >= 15 is 0 Å². The van der Waals surface area contributed by atoms with Gasteiger partial charge in [-0.1, -0.05) is 17.7 Å². The average Bonchev–Trinajstić information content (AvgIpc) is 2.43. The molecule has 20 heavy (non-hydrogen) atoms. The Kier molecular flexibility index (Phi) is 3.71. The first-order valence-electron chi connectivity index (χ1n) is 5.58. The van der Waals surface area contributed by atoms with Gasteiger partial charge in [-0.15, -0.1) is 5.11 Å². The summed E-state index contributed by atoms with van der Waals surface area (Å²) in [6.45, 7) is 0. The first-order chi connectivity index (χ1) is 9.41. The van der Waals surface area contributed by atoms with E-state index in [0.29, 0.717) is 10.7 Å². The van der Waals surface area contributed by atoms with E-state index in [4.69, 9.17) is 11.6 Å². The highest BCUT2D eigenvalue weighted by Gasteiger charge is 2.14. The number of hydrogen-bond acceptors (Lipinski definition) is 5. The Morgan fingerprint density at radius 2 is 1.85 bits per heavy atom. The second-order valence-electron chi connectivity index (χ2n) is 4.06. The van der Waals surface area contributed by atoms with Crippen LogP contribution in [0.25, 0.3) is 0 Å². The van der Waals surface area contributed by atoms with Gasteiger partial charge in [-0.2, -0.15) is 5.11 Å². The van der Waals surface area contributed by atoms with Gasteiger partial charge in [-0.05, 0) is 18.2 Å². The van der Waals surface area contributed by atoms with Crippen molar-refractivity contribution in [2.45, 2.75) is 0 Å². The van der Waals surface area contributed by atoms with E-state index in [-0.39, 0.29) is 5.69 Å². The van der Waals surface area contributed by atoms with E-state index in [9.17, 15) is 14.7 Å².